The van der Waals surface area contributed by atoms with E-state index in [1.807, 2.05) is 6.92 Å². The Balaban J connectivity index is 2.80. The number of carboxylic acid groups (broad SMARTS) is 1. The van der Waals surface area contributed by atoms with Gasteiger partial charge < -0.3 is 5.11 Å². The van der Waals surface area contributed by atoms with Crippen LogP contribution in [0.25, 0.3) is 0 Å². The lowest BCUT2D eigenvalue weighted by atomic mass is 10.2. The summed E-state index contributed by atoms with van der Waals surface area (Å²) in [7, 11) is -3.86. The van der Waals surface area contributed by atoms with E-state index in [1.165, 1.54) is 24.3 Å². The van der Waals surface area contributed by atoms with Crippen LogP contribution in [0.2, 0.25) is 5.02 Å². The molecule has 1 atom stereocenters. The van der Waals surface area contributed by atoms with Crippen molar-refractivity contribution >= 4 is 39.4 Å². The molecule has 2 N–H and O–H groups in total. The topological polar surface area (TPSA) is 83.5 Å². The van der Waals surface area contributed by atoms with E-state index >= 15 is 0 Å². The summed E-state index contributed by atoms with van der Waals surface area (Å²) in [6.07, 6.45) is 0.237. The highest BCUT2D eigenvalue weighted by Gasteiger charge is 2.24. The van der Waals surface area contributed by atoms with Gasteiger partial charge in [0, 0.05) is 5.02 Å². The third-order valence-corrected chi connectivity index (χ3v) is 5.15. The molecular formula is C12H16ClNO4S2. The molecule has 0 amide bonds. The van der Waals surface area contributed by atoms with Crippen molar-refractivity contribution in [2.24, 2.45) is 0 Å². The van der Waals surface area contributed by atoms with Gasteiger partial charge in [-0.15, -0.1) is 0 Å². The highest BCUT2D eigenvalue weighted by molar-refractivity contribution is 7.99. The van der Waals surface area contributed by atoms with Crippen molar-refractivity contribution in [2.75, 3.05) is 11.5 Å². The summed E-state index contributed by atoms with van der Waals surface area (Å²) in [6, 6.07) is 4.43. The minimum Gasteiger partial charge on any atom is -0.480 e. The van der Waals surface area contributed by atoms with Gasteiger partial charge in [0.25, 0.3) is 0 Å². The average Bonchev–Trinajstić information content (AvgIpc) is 2.38. The van der Waals surface area contributed by atoms with Crippen molar-refractivity contribution in [3.63, 3.8) is 0 Å². The molecule has 0 aliphatic heterocycles. The van der Waals surface area contributed by atoms with Crippen LogP contribution < -0.4 is 4.72 Å². The highest BCUT2D eigenvalue weighted by atomic mass is 35.5. The first-order valence-corrected chi connectivity index (χ1v) is 8.97. The van der Waals surface area contributed by atoms with Gasteiger partial charge in [-0.25, -0.2) is 8.42 Å². The van der Waals surface area contributed by atoms with E-state index in [-0.39, 0.29) is 11.3 Å². The summed E-state index contributed by atoms with van der Waals surface area (Å²) >= 11 is 7.25. The molecule has 0 bridgehead atoms. The zero-order valence-corrected chi connectivity index (χ0v) is 13.3. The molecule has 20 heavy (non-hydrogen) atoms. The molecule has 0 spiro atoms. The van der Waals surface area contributed by atoms with E-state index < -0.39 is 22.0 Å². The smallest absolute Gasteiger partial charge is 0.321 e. The lowest BCUT2D eigenvalue weighted by Crippen LogP contribution is -2.41. The van der Waals surface area contributed by atoms with Crippen molar-refractivity contribution in [2.45, 2.75) is 24.3 Å². The van der Waals surface area contributed by atoms with Gasteiger partial charge in [-0.3, -0.25) is 4.79 Å². The molecule has 0 radical (unpaired) electrons. The molecular weight excluding hydrogens is 322 g/mol. The van der Waals surface area contributed by atoms with Crippen LogP contribution in [0.4, 0.5) is 0 Å². The molecule has 0 unspecified atom stereocenters. The summed E-state index contributed by atoms with van der Waals surface area (Å²) in [5.41, 5.74) is 0. The Hall–Kier alpha value is -0.760. The SMILES string of the molecule is CCSCC[C@H](NS(=O)(=O)c1ccc(Cl)cc1)C(=O)O. The van der Waals surface area contributed by atoms with Gasteiger partial charge in [-0.2, -0.15) is 16.5 Å². The van der Waals surface area contributed by atoms with Crippen molar-refractivity contribution in [1.29, 1.82) is 0 Å². The van der Waals surface area contributed by atoms with Gasteiger partial charge in [0.2, 0.25) is 10.0 Å². The fourth-order valence-electron chi connectivity index (χ4n) is 1.45. The first-order chi connectivity index (χ1) is 9.36. The van der Waals surface area contributed by atoms with E-state index in [0.717, 1.165) is 5.75 Å². The van der Waals surface area contributed by atoms with Crippen LogP contribution in [0.3, 0.4) is 0 Å². The van der Waals surface area contributed by atoms with Crippen molar-refractivity contribution in [3.05, 3.63) is 29.3 Å². The second-order valence-electron chi connectivity index (χ2n) is 3.95. The summed E-state index contributed by atoms with van der Waals surface area (Å²) in [4.78, 5) is 11.1. The number of carboxylic acids is 1. The number of halogens is 1. The molecule has 1 aromatic rings. The van der Waals surface area contributed by atoms with E-state index in [1.54, 1.807) is 11.8 Å². The van der Waals surface area contributed by atoms with E-state index in [4.69, 9.17) is 16.7 Å². The summed E-state index contributed by atoms with van der Waals surface area (Å²) < 4.78 is 26.3. The van der Waals surface area contributed by atoms with Crippen LogP contribution >= 0.6 is 23.4 Å². The Morgan fingerprint density at radius 2 is 2.00 bits per heavy atom. The van der Waals surface area contributed by atoms with Gasteiger partial charge >= 0.3 is 5.97 Å². The molecule has 0 heterocycles. The number of sulfonamides is 1. The fourth-order valence-corrected chi connectivity index (χ4v) is 3.49. The van der Waals surface area contributed by atoms with Crippen LogP contribution in [0, 0.1) is 0 Å². The number of hydrogen-bond donors (Lipinski definition) is 2. The first kappa shape index (κ1) is 17.3. The zero-order valence-electron chi connectivity index (χ0n) is 10.9. The van der Waals surface area contributed by atoms with Crippen LogP contribution in [0.15, 0.2) is 29.2 Å². The molecule has 0 saturated carbocycles. The number of benzene rings is 1. The minimum atomic E-state index is -3.86. The van der Waals surface area contributed by atoms with E-state index in [9.17, 15) is 13.2 Å². The molecule has 0 saturated heterocycles. The second kappa shape index (κ2) is 7.87. The maximum atomic E-state index is 12.1. The Bertz CT molecular complexity index is 545. The third kappa shape index (κ3) is 5.32. The van der Waals surface area contributed by atoms with Crippen LogP contribution in [0.5, 0.6) is 0 Å². The largest absolute Gasteiger partial charge is 0.480 e. The Labute approximate surface area is 127 Å². The lowest BCUT2D eigenvalue weighted by Gasteiger charge is -2.14. The van der Waals surface area contributed by atoms with Gasteiger partial charge in [0.15, 0.2) is 0 Å². The molecule has 8 heteroatoms. The van der Waals surface area contributed by atoms with Gasteiger partial charge in [-0.1, -0.05) is 18.5 Å². The number of thioether (sulfide) groups is 1. The third-order valence-electron chi connectivity index (χ3n) is 2.47. The van der Waals surface area contributed by atoms with Crippen LogP contribution in [-0.4, -0.2) is 37.0 Å². The average molecular weight is 338 g/mol. The minimum absolute atomic E-state index is 0.00343. The van der Waals surface area contributed by atoms with Crippen LogP contribution in [0.1, 0.15) is 13.3 Å². The Morgan fingerprint density at radius 3 is 2.50 bits per heavy atom. The number of aliphatic carboxylic acids is 1. The molecule has 0 fully saturated rings. The lowest BCUT2D eigenvalue weighted by molar-refractivity contribution is -0.139. The second-order valence-corrected chi connectivity index (χ2v) is 7.50. The normalized spacial score (nSPS) is 13.1. The molecule has 112 valence electrons. The fraction of sp³-hybridized carbons (Fsp3) is 0.417. The predicted molar refractivity (Wildman–Crippen MR) is 80.8 cm³/mol. The first-order valence-electron chi connectivity index (χ1n) is 5.95. The maximum absolute atomic E-state index is 12.1. The van der Waals surface area contributed by atoms with E-state index in [0.29, 0.717) is 10.8 Å². The Morgan fingerprint density at radius 1 is 1.40 bits per heavy atom. The number of hydrogen-bond acceptors (Lipinski definition) is 4. The molecule has 0 aromatic heterocycles. The molecule has 0 aliphatic carbocycles. The van der Waals surface area contributed by atoms with Crippen molar-refractivity contribution in [3.8, 4) is 0 Å². The number of rotatable bonds is 8. The quantitative estimate of drug-likeness (QED) is 0.711. The van der Waals surface area contributed by atoms with E-state index in [2.05, 4.69) is 4.72 Å². The Kier molecular flexibility index (Phi) is 6.81. The highest BCUT2D eigenvalue weighted by Crippen LogP contribution is 2.15. The van der Waals surface area contributed by atoms with Gasteiger partial charge in [0.1, 0.15) is 6.04 Å². The van der Waals surface area contributed by atoms with Gasteiger partial charge in [-0.05, 0) is 42.2 Å². The number of nitrogens with one attached hydrogen (secondary N) is 1. The maximum Gasteiger partial charge on any atom is 0.321 e. The summed E-state index contributed by atoms with van der Waals surface area (Å²) in [5.74, 6) is 0.256. The van der Waals surface area contributed by atoms with Crippen molar-refractivity contribution in [1.82, 2.24) is 4.72 Å². The van der Waals surface area contributed by atoms with Crippen molar-refractivity contribution < 1.29 is 18.3 Å². The number of carbonyl (C=O) groups is 1. The predicted octanol–water partition coefficient (Wildman–Crippen LogP) is 2.21. The summed E-state index contributed by atoms with van der Waals surface area (Å²) in [6.45, 7) is 1.96. The molecule has 1 rings (SSSR count). The molecule has 1 aromatic carbocycles. The van der Waals surface area contributed by atoms with Gasteiger partial charge in [0.05, 0.1) is 4.90 Å². The summed E-state index contributed by atoms with van der Waals surface area (Å²) in [5, 5.41) is 9.48. The monoisotopic (exact) mass is 337 g/mol. The molecule has 0 aliphatic rings. The standard InChI is InChI=1S/C12H16ClNO4S2/c1-2-19-8-7-11(12(15)16)14-20(17,18)10-5-3-9(13)4-6-10/h3-6,11,14H,2,7-8H2,1H3,(H,15,16)/t11-/m0/s1. The molecule has 5 nitrogen and oxygen atoms in total. The zero-order chi connectivity index (χ0) is 15.2. The van der Waals surface area contributed by atoms with Crippen LogP contribution in [-0.2, 0) is 14.8 Å².